The maximum atomic E-state index is 11.1. The molecule has 0 saturated heterocycles. The average molecular weight is 216 g/mol. The molecular weight excluding hydrogens is 202 g/mol. The van der Waals surface area contributed by atoms with Crippen molar-refractivity contribution < 1.29 is 13.2 Å². The lowest BCUT2D eigenvalue weighted by Crippen LogP contribution is -2.36. The molecule has 0 aromatic carbocycles. The molecule has 0 spiro atoms. The van der Waals surface area contributed by atoms with Crippen molar-refractivity contribution in [2.24, 2.45) is 0 Å². The average Bonchev–Trinajstić information content (AvgIpc) is 2.00. The quantitative estimate of drug-likeness (QED) is 0.644. The molecule has 0 aliphatic carbocycles. The zero-order chi connectivity index (χ0) is 9.61. The molecule has 1 atom stereocenters. The van der Waals surface area contributed by atoms with Crippen LogP contribution in [0.25, 0.3) is 0 Å². The van der Waals surface area contributed by atoms with Crippen LogP contribution in [0.3, 0.4) is 0 Å². The summed E-state index contributed by atoms with van der Waals surface area (Å²) in [5.41, 5.74) is 0. The molecule has 6 heteroatoms. The van der Waals surface area contributed by atoms with Crippen LogP contribution in [0.1, 0.15) is 6.92 Å². The van der Waals surface area contributed by atoms with Gasteiger partial charge < -0.3 is 4.74 Å². The Labute approximate surface area is 78.3 Å². The fourth-order valence-electron chi connectivity index (χ4n) is 0.590. The van der Waals surface area contributed by atoms with Crippen molar-refractivity contribution in [3.05, 3.63) is 0 Å². The summed E-state index contributed by atoms with van der Waals surface area (Å²) in [6.45, 7) is 1.90. The van der Waals surface area contributed by atoms with Crippen LogP contribution in [0.15, 0.2) is 0 Å². The van der Waals surface area contributed by atoms with Gasteiger partial charge in [-0.05, 0) is 6.92 Å². The van der Waals surface area contributed by atoms with Gasteiger partial charge in [0.25, 0.3) is 0 Å². The maximum Gasteiger partial charge on any atom is 0.214 e. The number of methoxy groups -OCH3 is 1. The largest absolute Gasteiger partial charge is 0.384 e. The lowest BCUT2D eigenvalue weighted by molar-refractivity contribution is 0.217. The van der Waals surface area contributed by atoms with Gasteiger partial charge in [-0.25, -0.2) is 13.1 Å². The minimum absolute atomic E-state index is 0.0231. The van der Waals surface area contributed by atoms with Gasteiger partial charge in [0.15, 0.2) is 0 Å². The SMILES string of the molecule is COCCS(=O)(=O)NC(C)CCl. The molecule has 0 heterocycles. The molecule has 4 nitrogen and oxygen atoms in total. The van der Waals surface area contributed by atoms with Gasteiger partial charge in [0.05, 0.1) is 12.4 Å². The van der Waals surface area contributed by atoms with Crippen LogP contribution >= 0.6 is 11.6 Å². The van der Waals surface area contributed by atoms with Crippen molar-refractivity contribution in [3.8, 4) is 0 Å². The van der Waals surface area contributed by atoms with Gasteiger partial charge in [-0.15, -0.1) is 11.6 Å². The van der Waals surface area contributed by atoms with Crippen LogP contribution in [0.2, 0.25) is 0 Å². The number of rotatable bonds is 6. The van der Waals surface area contributed by atoms with Gasteiger partial charge >= 0.3 is 0 Å². The second-order valence-corrected chi connectivity index (χ2v) is 4.67. The summed E-state index contributed by atoms with van der Waals surface area (Å²) in [5, 5.41) is 0. The van der Waals surface area contributed by atoms with Crippen molar-refractivity contribution in [2.75, 3.05) is 25.3 Å². The van der Waals surface area contributed by atoms with E-state index in [4.69, 9.17) is 11.6 Å². The predicted molar refractivity (Wildman–Crippen MR) is 49.0 cm³/mol. The molecule has 0 radical (unpaired) electrons. The van der Waals surface area contributed by atoms with E-state index in [1.54, 1.807) is 6.92 Å². The second-order valence-electron chi connectivity index (χ2n) is 2.48. The van der Waals surface area contributed by atoms with E-state index in [9.17, 15) is 8.42 Å². The van der Waals surface area contributed by atoms with E-state index in [1.807, 2.05) is 0 Å². The van der Waals surface area contributed by atoms with Crippen molar-refractivity contribution in [1.29, 1.82) is 0 Å². The van der Waals surface area contributed by atoms with E-state index in [2.05, 4.69) is 9.46 Å². The first-order chi connectivity index (χ1) is 5.52. The molecule has 74 valence electrons. The Morgan fingerprint density at radius 3 is 2.58 bits per heavy atom. The van der Waals surface area contributed by atoms with E-state index in [-0.39, 0.29) is 24.3 Å². The smallest absolute Gasteiger partial charge is 0.214 e. The van der Waals surface area contributed by atoms with E-state index in [0.29, 0.717) is 0 Å². The predicted octanol–water partition coefficient (Wildman–Crippen LogP) is 0.179. The molecule has 0 rings (SSSR count). The molecule has 1 unspecified atom stereocenters. The van der Waals surface area contributed by atoms with Gasteiger partial charge in [0.2, 0.25) is 10.0 Å². The van der Waals surface area contributed by atoms with Crippen LogP contribution in [0.4, 0.5) is 0 Å². The van der Waals surface area contributed by atoms with E-state index in [1.165, 1.54) is 7.11 Å². The Bertz CT molecular complexity index is 205. The monoisotopic (exact) mass is 215 g/mol. The normalized spacial score (nSPS) is 14.6. The van der Waals surface area contributed by atoms with Gasteiger partial charge in [-0.3, -0.25) is 0 Å². The van der Waals surface area contributed by atoms with Crippen LogP contribution in [-0.2, 0) is 14.8 Å². The first kappa shape index (κ1) is 12.2. The molecule has 0 aromatic heterocycles. The lowest BCUT2D eigenvalue weighted by Gasteiger charge is -2.10. The zero-order valence-electron chi connectivity index (χ0n) is 7.21. The molecular formula is C6H14ClNO3S. The van der Waals surface area contributed by atoms with E-state index < -0.39 is 10.0 Å². The first-order valence-corrected chi connectivity index (χ1v) is 5.75. The third-order valence-corrected chi connectivity index (χ3v) is 3.10. The number of alkyl halides is 1. The summed E-state index contributed by atoms with van der Waals surface area (Å²) in [4.78, 5) is 0. The van der Waals surface area contributed by atoms with Gasteiger partial charge in [0.1, 0.15) is 0 Å². The van der Waals surface area contributed by atoms with Crippen LogP contribution in [0, 0.1) is 0 Å². The highest BCUT2D eigenvalue weighted by Crippen LogP contribution is 1.91. The highest BCUT2D eigenvalue weighted by molar-refractivity contribution is 7.89. The van der Waals surface area contributed by atoms with Crippen LogP contribution < -0.4 is 4.72 Å². The molecule has 0 amide bonds. The first-order valence-electron chi connectivity index (χ1n) is 3.56. The van der Waals surface area contributed by atoms with Crippen LogP contribution in [-0.4, -0.2) is 39.8 Å². The number of nitrogens with one attached hydrogen (secondary N) is 1. The molecule has 0 aromatic rings. The minimum Gasteiger partial charge on any atom is -0.384 e. The summed E-state index contributed by atoms with van der Waals surface area (Å²) in [6, 6.07) is -0.228. The van der Waals surface area contributed by atoms with E-state index in [0.717, 1.165) is 0 Å². The summed E-state index contributed by atoms with van der Waals surface area (Å²) >= 11 is 5.43. The van der Waals surface area contributed by atoms with E-state index >= 15 is 0 Å². The number of hydrogen-bond donors (Lipinski definition) is 1. The van der Waals surface area contributed by atoms with Crippen molar-refractivity contribution in [2.45, 2.75) is 13.0 Å². The fraction of sp³-hybridized carbons (Fsp3) is 1.00. The van der Waals surface area contributed by atoms with Crippen molar-refractivity contribution in [1.82, 2.24) is 4.72 Å². The van der Waals surface area contributed by atoms with Gasteiger partial charge in [0, 0.05) is 19.0 Å². The number of sulfonamides is 1. The van der Waals surface area contributed by atoms with Gasteiger partial charge in [-0.1, -0.05) is 0 Å². The Kier molecular flexibility index (Phi) is 5.82. The summed E-state index contributed by atoms with van der Waals surface area (Å²) in [6.07, 6.45) is 0. The Balaban J connectivity index is 3.88. The molecule has 1 N–H and O–H groups in total. The van der Waals surface area contributed by atoms with Gasteiger partial charge in [-0.2, -0.15) is 0 Å². The van der Waals surface area contributed by atoms with Crippen molar-refractivity contribution >= 4 is 21.6 Å². The third kappa shape index (κ3) is 5.77. The summed E-state index contributed by atoms with van der Waals surface area (Å²) < 4.78 is 29.3. The Hall–Kier alpha value is 0.160. The fourth-order valence-corrected chi connectivity index (χ4v) is 1.96. The minimum atomic E-state index is -3.21. The number of ether oxygens (including phenoxy) is 1. The topological polar surface area (TPSA) is 55.4 Å². The highest BCUT2D eigenvalue weighted by Gasteiger charge is 2.12. The maximum absolute atomic E-state index is 11.1. The number of halogens is 1. The van der Waals surface area contributed by atoms with Crippen molar-refractivity contribution in [3.63, 3.8) is 0 Å². The highest BCUT2D eigenvalue weighted by atomic mass is 35.5. The molecule has 0 fully saturated rings. The Morgan fingerprint density at radius 2 is 2.17 bits per heavy atom. The zero-order valence-corrected chi connectivity index (χ0v) is 8.78. The lowest BCUT2D eigenvalue weighted by atomic mass is 10.4. The standard InChI is InChI=1S/C6H14ClNO3S/c1-6(5-7)8-12(9,10)4-3-11-2/h6,8H,3-5H2,1-2H3. The molecule has 12 heavy (non-hydrogen) atoms. The Morgan fingerprint density at radius 1 is 1.58 bits per heavy atom. The number of hydrogen-bond acceptors (Lipinski definition) is 3. The third-order valence-electron chi connectivity index (χ3n) is 1.17. The molecule has 0 saturated carbocycles. The molecule has 0 bridgehead atoms. The molecule has 0 aliphatic rings. The second kappa shape index (κ2) is 5.75. The summed E-state index contributed by atoms with van der Waals surface area (Å²) in [5.74, 6) is 0.247. The summed E-state index contributed by atoms with van der Waals surface area (Å²) in [7, 11) is -1.76. The van der Waals surface area contributed by atoms with Crippen LogP contribution in [0.5, 0.6) is 0 Å². The molecule has 0 aliphatic heterocycles.